The highest BCUT2D eigenvalue weighted by Crippen LogP contribution is 2.41. The SMILES string of the molecule is COCCNCC1(c2cc(F)cc(F)c2)CCC(C)CC1. The van der Waals surface area contributed by atoms with E-state index in [1.807, 2.05) is 0 Å². The molecule has 0 bridgehead atoms. The van der Waals surface area contributed by atoms with E-state index in [1.54, 1.807) is 7.11 Å². The first-order valence-electron chi connectivity index (χ1n) is 7.72. The third-order valence-corrected chi connectivity index (χ3v) is 4.65. The van der Waals surface area contributed by atoms with Crippen molar-refractivity contribution in [2.75, 3.05) is 26.8 Å². The molecule has 1 aromatic carbocycles. The van der Waals surface area contributed by atoms with Gasteiger partial charge in [-0.05, 0) is 49.3 Å². The van der Waals surface area contributed by atoms with Crippen LogP contribution >= 0.6 is 0 Å². The minimum Gasteiger partial charge on any atom is -0.383 e. The molecule has 4 heteroatoms. The smallest absolute Gasteiger partial charge is 0.126 e. The van der Waals surface area contributed by atoms with Crippen LogP contribution in [-0.2, 0) is 10.2 Å². The van der Waals surface area contributed by atoms with Gasteiger partial charge in [0.15, 0.2) is 0 Å². The lowest BCUT2D eigenvalue weighted by molar-refractivity contribution is 0.187. The van der Waals surface area contributed by atoms with Crippen molar-refractivity contribution in [2.45, 2.75) is 38.0 Å². The van der Waals surface area contributed by atoms with Gasteiger partial charge in [0.25, 0.3) is 0 Å². The number of ether oxygens (including phenoxy) is 1. The lowest BCUT2D eigenvalue weighted by Gasteiger charge is -2.40. The van der Waals surface area contributed by atoms with E-state index >= 15 is 0 Å². The average Bonchev–Trinajstić information content (AvgIpc) is 2.45. The molecule has 0 atom stereocenters. The summed E-state index contributed by atoms with van der Waals surface area (Å²) in [5.74, 6) is -0.282. The Morgan fingerprint density at radius 1 is 1.19 bits per heavy atom. The maximum absolute atomic E-state index is 13.6. The highest BCUT2D eigenvalue weighted by molar-refractivity contribution is 5.28. The van der Waals surface area contributed by atoms with Crippen LogP contribution in [0.3, 0.4) is 0 Å². The van der Waals surface area contributed by atoms with Gasteiger partial charge in [0.05, 0.1) is 6.61 Å². The summed E-state index contributed by atoms with van der Waals surface area (Å²) < 4.78 is 32.2. The molecule has 0 aliphatic heterocycles. The summed E-state index contributed by atoms with van der Waals surface area (Å²) in [5.41, 5.74) is 0.625. The second-order valence-electron chi connectivity index (χ2n) is 6.29. The quantitative estimate of drug-likeness (QED) is 0.809. The summed E-state index contributed by atoms with van der Waals surface area (Å²) in [7, 11) is 1.67. The average molecular weight is 297 g/mol. The molecular formula is C17H25F2NO. The Morgan fingerprint density at radius 2 is 1.81 bits per heavy atom. The molecule has 1 aliphatic carbocycles. The number of halogens is 2. The Hall–Kier alpha value is -1.00. The molecule has 21 heavy (non-hydrogen) atoms. The van der Waals surface area contributed by atoms with Crippen molar-refractivity contribution in [3.05, 3.63) is 35.4 Å². The molecular weight excluding hydrogens is 272 g/mol. The summed E-state index contributed by atoms with van der Waals surface area (Å²) in [5, 5.41) is 3.38. The molecule has 1 saturated carbocycles. The van der Waals surface area contributed by atoms with Crippen molar-refractivity contribution in [3.8, 4) is 0 Å². The molecule has 1 fully saturated rings. The van der Waals surface area contributed by atoms with Crippen molar-refractivity contribution in [1.82, 2.24) is 5.32 Å². The van der Waals surface area contributed by atoms with Crippen molar-refractivity contribution < 1.29 is 13.5 Å². The number of hydrogen-bond acceptors (Lipinski definition) is 2. The van der Waals surface area contributed by atoms with Crippen LogP contribution in [0.5, 0.6) is 0 Å². The Balaban J connectivity index is 2.18. The molecule has 0 saturated heterocycles. The minimum absolute atomic E-state index is 0.164. The van der Waals surface area contributed by atoms with E-state index < -0.39 is 11.6 Å². The van der Waals surface area contributed by atoms with Crippen molar-refractivity contribution in [1.29, 1.82) is 0 Å². The zero-order chi connectivity index (χ0) is 15.3. The van der Waals surface area contributed by atoms with Gasteiger partial charge < -0.3 is 10.1 Å². The highest BCUT2D eigenvalue weighted by Gasteiger charge is 2.36. The van der Waals surface area contributed by atoms with Crippen LogP contribution in [-0.4, -0.2) is 26.8 Å². The Bertz CT molecular complexity index is 436. The van der Waals surface area contributed by atoms with Gasteiger partial charge in [-0.3, -0.25) is 0 Å². The fourth-order valence-electron chi connectivity index (χ4n) is 3.24. The molecule has 1 N–H and O–H groups in total. The van der Waals surface area contributed by atoms with E-state index in [0.717, 1.165) is 50.4 Å². The maximum Gasteiger partial charge on any atom is 0.126 e. The van der Waals surface area contributed by atoms with Gasteiger partial charge in [-0.1, -0.05) is 6.92 Å². The third-order valence-electron chi connectivity index (χ3n) is 4.65. The number of hydrogen-bond donors (Lipinski definition) is 1. The molecule has 0 aromatic heterocycles. The van der Waals surface area contributed by atoms with Gasteiger partial charge >= 0.3 is 0 Å². The van der Waals surface area contributed by atoms with Gasteiger partial charge in [-0.2, -0.15) is 0 Å². The topological polar surface area (TPSA) is 21.3 Å². The van der Waals surface area contributed by atoms with E-state index in [0.29, 0.717) is 12.5 Å². The summed E-state index contributed by atoms with van der Waals surface area (Å²) >= 11 is 0. The van der Waals surface area contributed by atoms with Crippen molar-refractivity contribution >= 4 is 0 Å². The lowest BCUT2D eigenvalue weighted by Crippen LogP contribution is -2.42. The third kappa shape index (κ3) is 4.24. The van der Waals surface area contributed by atoms with E-state index in [-0.39, 0.29) is 5.41 Å². The molecule has 1 aliphatic rings. The van der Waals surface area contributed by atoms with Gasteiger partial charge in [0.2, 0.25) is 0 Å². The van der Waals surface area contributed by atoms with Gasteiger partial charge in [0.1, 0.15) is 11.6 Å². The zero-order valence-corrected chi connectivity index (χ0v) is 12.9. The Labute approximate surface area is 125 Å². The zero-order valence-electron chi connectivity index (χ0n) is 12.9. The number of rotatable bonds is 6. The molecule has 0 heterocycles. The molecule has 0 spiro atoms. The largest absolute Gasteiger partial charge is 0.383 e. The second-order valence-corrected chi connectivity index (χ2v) is 6.29. The second kappa shape index (κ2) is 7.32. The summed E-state index contributed by atoms with van der Waals surface area (Å²) in [6.07, 6.45) is 4.14. The number of methoxy groups -OCH3 is 1. The predicted molar refractivity (Wildman–Crippen MR) is 80.4 cm³/mol. The minimum atomic E-state index is -0.486. The van der Waals surface area contributed by atoms with Crippen LogP contribution in [0, 0.1) is 17.6 Å². The molecule has 118 valence electrons. The van der Waals surface area contributed by atoms with Crippen LogP contribution in [0.25, 0.3) is 0 Å². The van der Waals surface area contributed by atoms with Crippen LogP contribution in [0.2, 0.25) is 0 Å². The normalized spacial score (nSPS) is 26.0. The fourth-order valence-corrected chi connectivity index (χ4v) is 3.24. The monoisotopic (exact) mass is 297 g/mol. The van der Waals surface area contributed by atoms with Crippen LogP contribution in [0.15, 0.2) is 18.2 Å². The molecule has 1 aromatic rings. The van der Waals surface area contributed by atoms with E-state index in [9.17, 15) is 8.78 Å². The lowest BCUT2D eigenvalue weighted by atomic mass is 9.67. The van der Waals surface area contributed by atoms with E-state index in [4.69, 9.17) is 4.74 Å². The summed E-state index contributed by atoms with van der Waals surface area (Å²) in [6.45, 7) is 4.38. The van der Waals surface area contributed by atoms with E-state index in [2.05, 4.69) is 12.2 Å². The summed E-state index contributed by atoms with van der Waals surface area (Å²) in [4.78, 5) is 0. The van der Waals surface area contributed by atoms with Gasteiger partial charge in [-0.25, -0.2) is 8.78 Å². The first-order chi connectivity index (χ1) is 10.1. The van der Waals surface area contributed by atoms with E-state index in [1.165, 1.54) is 12.1 Å². The van der Waals surface area contributed by atoms with Gasteiger partial charge in [-0.15, -0.1) is 0 Å². The molecule has 0 unspecified atom stereocenters. The van der Waals surface area contributed by atoms with Crippen molar-refractivity contribution in [3.63, 3.8) is 0 Å². The van der Waals surface area contributed by atoms with Crippen molar-refractivity contribution in [2.24, 2.45) is 5.92 Å². The molecule has 2 rings (SSSR count). The number of benzene rings is 1. The summed E-state index contributed by atoms with van der Waals surface area (Å²) in [6, 6.07) is 3.94. The molecule has 0 radical (unpaired) electrons. The molecule has 0 amide bonds. The maximum atomic E-state index is 13.6. The predicted octanol–water partition coefficient (Wildman–Crippen LogP) is 3.65. The Kier molecular flexibility index (Phi) is 5.71. The van der Waals surface area contributed by atoms with Crippen LogP contribution < -0.4 is 5.32 Å². The molecule has 2 nitrogen and oxygen atoms in total. The first kappa shape index (κ1) is 16.4. The van der Waals surface area contributed by atoms with Crippen LogP contribution in [0.4, 0.5) is 8.78 Å². The number of nitrogens with one attached hydrogen (secondary N) is 1. The fraction of sp³-hybridized carbons (Fsp3) is 0.647. The Morgan fingerprint density at radius 3 is 2.38 bits per heavy atom. The first-order valence-corrected chi connectivity index (χ1v) is 7.72. The van der Waals surface area contributed by atoms with Crippen LogP contribution in [0.1, 0.15) is 38.2 Å². The highest BCUT2D eigenvalue weighted by atomic mass is 19.1. The van der Waals surface area contributed by atoms with Gasteiger partial charge in [0, 0.05) is 31.7 Å². The standard InChI is InChI=1S/C17H25F2NO/c1-13-3-5-17(6-4-13,12-20-7-8-21-2)14-9-15(18)11-16(19)10-14/h9-11,13,20H,3-8,12H2,1-2H3.